The van der Waals surface area contributed by atoms with Gasteiger partial charge in [-0.15, -0.1) is 0 Å². The minimum Gasteiger partial charge on any atom is -0.352 e. The Hall–Kier alpha value is -0.620. The second-order valence-corrected chi connectivity index (χ2v) is 7.10. The number of rotatable bonds is 6. The van der Waals surface area contributed by atoms with Gasteiger partial charge in [-0.1, -0.05) is 12.5 Å². The highest BCUT2D eigenvalue weighted by Crippen LogP contribution is 2.16. The third-order valence-electron chi connectivity index (χ3n) is 4.19. The Morgan fingerprint density at radius 1 is 1.38 bits per heavy atom. The summed E-state index contributed by atoms with van der Waals surface area (Å²) in [6.45, 7) is 5.51. The first kappa shape index (κ1) is 16.7. The lowest BCUT2D eigenvalue weighted by molar-refractivity contribution is 0.0951. The normalized spacial score (nSPS) is 19.4. The van der Waals surface area contributed by atoms with Crippen molar-refractivity contribution in [1.82, 2.24) is 10.2 Å². The predicted molar refractivity (Wildman–Crippen MR) is 95.6 cm³/mol. The second-order valence-electron chi connectivity index (χ2n) is 5.85. The molecule has 0 radical (unpaired) electrons. The number of carbonyl (C=O) groups excluding carboxylic acids is 1. The topological polar surface area (TPSA) is 32.3 Å². The number of likely N-dealkylation sites (tertiary alicyclic amines) is 1. The number of amides is 1. The van der Waals surface area contributed by atoms with E-state index in [1.807, 2.05) is 24.3 Å². The fourth-order valence-corrected chi connectivity index (χ4v) is 3.41. The van der Waals surface area contributed by atoms with E-state index in [1.165, 1.54) is 32.4 Å². The number of unbranched alkanes of at least 4 members (excludes halogenated alkanes) is 1. The van der Waals surface area contributed by atoms with Crippen LogP contribution in [0.25, 0.3) is 0 Å². The Labute approximate surface area is 141 Å². The quantitative estimate of drug-likeness (QED) is 0.584. The summed E-state index contributed by atoms with van der Waals surface area (Å²) in [4.78, 5) is 14.6. The van der Waals surface area contributed by atoms with Crippen molar-refractivity contribution in [2.75, 3.05) is 19.6 Å². The van der Waals surface area contributed by atoms with E-state index in [-0.39, 0.29) is 5.91 Å². The highest BCUT2D eigenvalue weighted by atomic mass is 127. The van der Waals surface area contributed by atoms with E-state index >= 15 is 0 Å². The molecule has 1 heterocycles. The molecule has 0 spiro atoms. The largest absolute Gasteiger partial charge is 0.352 e. The zero-order valence-corrected chi connectivity index (χ0v) is 14.9. The van der Waals surface area contributed by atoms with Gasteiger partial charge in [0.2, 0.25) is 0 Å². The molecule has 3 nitrogen and oxygen atoms in total. The van der Waals surface area contributed by atoms with Crippen LogP contribution in [0.15, 0.2) is 24.3 Å². The van der Waals surface area contributed by atoms with E-state index in [0.29, 0.717) is 0 Å². The van der Waals surface area contributed by atoms with Gasteiger partial charge in [0.25, 0.3) is 5.91 Å². The Bertz CT molecular complexity index is 464. The van der Waals surface area contributed by atoms with Gasteiger partial charge in [-0.3, -0.25) is 4.79 Å². The van der Waals surface area contributed by atoms with Crippen LogP contribution in [0.2, 0.25) is 0 Å². The Morgan fingerprint density at radius 3 is 3.00 bits per heavy atom. The number of nitrogens with one attached hydrogen (secondary N) is 1. The highest BCUT2D eigenvalue weighted by molar-refractivity contribution is 14.1. The zero-order chi connectivity index (χ0) is 15.1. The molecular formula is C17H25IN2O. The average Bonchev–Trinajstić information content (AvgIpc) is 2.48. The van der Waals surface area contributed by atoms with Crippen LogP contribution in [-0.4, -0.2) is 36.5 Å². The molecule has 1 N–H and O–H groups in total. The molecule has 0 saturated carbocycles. The Morgan fingerprint density at radius 2 is 2.24 bits per heavy atom. The summed E-state index contributed by atoms with van der Waals surface area (Å²) in [5.41, 5.74) is 0.756. The summed E-state index contributed by atoms with van der Waals surface area (Å²) in [6, 6.07) is 8.45. The molecule has 21 heavy (non-hydrogen) atoms. The van der Waals surface area contributed by atoms with Crippen molar-refractivity contribution >= 4 is 28.5 Å². The summed E-state index contributed by atoms with van der Waals surface area (Å²) in [5.74, 6) is 0.0415. The van der Waals surface area contributed by atoms with Crippen molar-refractivity contribution in [1.29, 1.82) is 0 Å². The van der Waals surface area contributed by atoms with Gasteiger partial charge >= 0.3 is 0 Å². The number of hydrogen-bond acceptors (Lipinski definition) is 2. The van der Waals surface area contributed by atoms with E-state index in [4.69, 9.17) is 0 Å². The summed E-state index contributed by atoms with van der Waals surface area (Å²) >= 11 is 2.23. The van der Waals surface area contributed by atoms with Gasteiger partial charge in [0, 0.05) is 21.7 Å². The molecule has 1 aliphatic heterocycles. The number of halogens is 1. The summed E-state index contributed by atoms with van der Waals surface area (Å²) < 4.78 is 1.10. The summed E-state index contributed by atoms with van der Waals surface area (Å²) in [6.07, 6.45) is 6.27. The molecule has 1 atom stereocenters. The first-order chi connectivity index (χ1) is 10.2. The molecule has 1 aromatic rings. The standard InChI is InChI=1S/C17H25IN2O/c1-14-7-2-4-11-20(14)12-5-3-10-19-17(21)15-8-6-9-16(18)13-15/h6,8-9,13-14H,2-5,7,10-12H2,1H3,(H,19,21)/t14-/m1/s1. The van der Waals surface area contributed by atoms with Gasteiger partial charge in [-0.2, -0.15) is 0 Å². The average molecular weight is 400 g/mol. The van der Waals surface area contributed by atoms with Crippen molar-refractivity contribution < 1.29 is 4.79 Å². The number of piperidine rings is 1. The molecule has 1 fully saturated rings. The number of nitrogens with zero attached hydrogens (tertiary/aromatic N) is 1. The molecule has 0 bridgehead atoms. The first-order valence-corrected chi connectivity index (χ1v) is 9.02. The van der Waals surface area contributed by atoms with Crippen LogP contribution < -0.4 is 5.32 Å². The maximum Gasteiger partial charge on any atom is 0.251 e. The Balaban J connectivity index is 1.62. The SMILES string of the molecule is C[C@@H]1CCCCN1CCCCNC(=O)c1cccc(I)c1. The van der Waals surface area contributed by atoms with Crippen molar-refractivity contribution in [2.24, 2.45) is 0 Å². The van der Waals surface area contributed by atoms with Crippen LogP contribution in [0.4, 0.5) is 0 Å². The van der Waals surface area contributed by atoms with Crippen LogP contribution in [0.5, 0.6) is 0 Å². The van der Waals surface area contributed by atoms with E-state index < -0.39 is 0 Å². The molecule has 0 aliphatic carbocycles. The van der Waals surface area contributed by atoms with E-state index in [9.17, 15) is 4.79 Å². The lowest BCUT2D eigenvalue weighted by Crippen LogP contribution is -2.38. The lowest BCUT2D eigenvalue weighted by Gasteiger charge is -2.33. The first-order valence-electron chi connectivity index (χ1n) is 7.94. The molecule has 1 aromatic carbocycles. The summed E-state index contributed by atoms with van der Waals surface area (Å²) in [5, 5.41) is 3.01. The van der Waals surface area contributed by atoms with Crippen LogP contribution in [0, 0.1) is 3.57 Å². The van der Waals surface area contributed by atoms with Crippen molar-refractivity contribution in [3.63, 3.8) is 0 Å². The van der Waals surface area contributed by atoms with Gasteiger partial charge in [-0.25, -0.2) is 0 Å². The van der Waals surface area contributed by atoms with Gasteiger partial charge in [0.15, 0.2) is 0 Å². The van der Waals surface area contributed by atoms with Gasteiger partial charge < -0.3 is 10.2 Å². The maximum atomic E-state index is 12.0. The van der Waals surface area contributed by atoms with Crippen molar-refractivity contribution in [3.8, 4) is 0 Å². The number of benzene rings is 1. The van der Waals surface area contributed by atoms with Gasteiger partial charge in [0.05, 0.1) is 0 Å². The van der Waals surface area contributed by atoms with Crippen LogP contribution in [-0.2, 0) is 0 Å². The molecule has 1 amide bonds. The van der Waals surface area contributed by atoms with Gasteiger partial charge in [0.1, 0.15) is 0 Å². The molecule has 1 saturated heterocycles. The highest BCUT2D eigenvalue weighted by Gasteiger charge is 2.17. The minimum atomic E-state index is 0.0415. The number of hydrogen-bond donors (Lipinski definition) is 1. The van der Waals surface area contributed by atoms with Crippen LogP contribution >= 0.6 is 22.6 Å². The smallest absolute Gasteiger partial charge is 0.251 e. The maximum absolute atomic E-state index is 12.0. The molecule has 2 rings (SSSR count). The zero-order valence-electron chi connectivity index (χ0n) is 12.8. The third kappa shape index (κ3) is 5.58. The molecule has 0 aromatic heterocycles. The molecule has 4 heteroatoms. The molecule has 0 unspecified atom stereocenters. The molecular weight excluding hydrogens is 375 g/mol. The fraction of sp³-hybridized carbons (Fsp3) is 0.588. The van der Waals surface area contributed by atoms with Gasteiger partial charge in [-0.05, 0) is 86.5 Å². The molecule has 1 aliphatic rings. The predicted octanol–water partition coefficient (Wildman–Crippen LogP) is 3.68. The number of carbonyl (C=O) groups is 1. The van der Waals surface area contributed by atoms with E-state index in [2.05, 4.69) is 39.7 Å². The van der Waals surface area contributed by atoms with Crippen LogP contribution in [0.1, 0.15) is 49.4 Å². The van der Waals surface area contributed by atoms with E-state index in [1.54, 1.807) is 0 Å². The van der Waals surface area contributed by atoms with E-state index in [0.717, 1.165) is 34.6 Å². The molecule has 116 valence electrons. The summed E-state index contributed by atoms with van der Waals surface area (Å²) in [7, 11) is 0. The fourth-order valence-electron chi connectivity index (χ4n) is 2.86. The van der Waals surface area contributed by atoms with Crippen molar-refractivity contribution in [2.45, 2.75) is 45.1 Å². The Kier molecular flexibility index (Phi) is 6.96. The monoisotopic (exact) mass is 400 g/mol. The third-order valence-corrected chi connectivity index (χ3v) is 4.86. The lowest BCUT2D eigenvalue weighted by atomic mass is 10.0. The van der Waals surface area contributed by atoms with Crippen molar-refractivity contribution in [3.05, 3.63) is 33.4 Å². The second kappa shape index (κ2) is 8.73. The minimum absolute atomic E-state index is 0.0415. The van der Waals surface area contributed by atoms with Crippen LogP contribution in [0.3, 0.4) is 0 Å².